The molecule has 102 valence electrons. The summed E-state index contributed by atoms with van der Waals surface area (Å²) in [5, 5.41) is 3.42. The van der Waals surface area contributed by atoms with Crippen LogP contribution < -0.4 is 11.1 Å². The molecule has 0 heterocycles. The van der Waals surface area contributed by atoms with Gasteiger partial charge in [-0.1, -0.05) is 36.0 Å². The van der Waals surface area contributed by atoms with Crippen molar-refractivity contribution in [3.63, 3.8) is 0 Å². The molecule has 2 aromatic carbocycles. The normalized spacial score (nSPS) is 10.1. The van der Waals surface area contributed by atoms with Gasteiger partial charge in [-0.25, -0.2) is 0 Å². The molecule has 0 aliphatic heterocycles. The quantitative estimate of drug-likeness (QED) is 0.853. The van der Waals surface area contributed by atoms with Gasteiger partial charge in [-0.15, -0.1) is 0 Å². The predicted molar refractivity (Wildman–Crippen MR) is 86.5 cm³/mol. The number of para-hydroxylation sites is 1. The van der Waals surface area contributed by atoms with Crippen LogP contribution in [0, 0.1) is 6.92 Å². The third-order valence-electron chi connectivity index (χ3n) is 2.87. The van der Waals surface area contributed by atoms with Gasteiger partial charge in [-0.3, -0.25) is 4.79 Å². The number of nitrogens with one attached hydrogen (secondary N) is 1. The molecule has 2 rings (SSSR count). The van der Waals surface area contributed by atoms with Gasteiger partial charge >= 0.3 is 0 Å². The van der Waals surface area contributed by atoms with Gasteiger partial charge in [0.15, 0.2) is 0 Å². The van der Waals surface area contributed by atoms with Crippen LogP contribution in [0.1, 0.15) is 21.5 Å². The van der Waals surface area contributed by atoms with Crippen molar-refractivity contribution in [1.29, 1.82) is 0 Å². The predicted octanol–water partition coefficient (Wildman–Crippen LogP) is 3.53. The monoisotopic (exact) mass is 304 g/mol. The van der Waals surface area contributed by atoms with E-state index in [0.29, 0.717) is 21.8 Å². The molecule has 0 aromatic heterocycles. The first-order valence-electron chi connectivity index (χ1n) is 5.95. The van der Waals surface area contributed by atoms with Crippen molar-refractivity contribution in [2.24, 2.45) is 5.73 Å². The van der Waals surface area contributed by atoms with Gasteiger partial charge in [0.1, 0.15) is 4.99 Å². The zero-order valence-corrected chi connectivity index (χ0v) is 12.4. The minimum atomic E-state index is -0.220. The Morgan fingerprint density at radius 2 is 1.90 bits per heavy atom. The van der Waals surface area contributed by atoms with Gasteiger partial charge in [0.05, 0.1) is 5.69 Å². The van der Waals surface area contributed by atoms with Crippen molar-refractivity contribution < 1.29 is 4.79 Å². The van der Waals surface area contributed by atoms with Crippen molar-refractivity contribution in [2.45, 2.75) is 6.92 Å². The number of nitrogens with two attached hydrogens (primary N) is 1. The number of thiocarbonyl (C=S) groups is 1. The fourth-order valence-electron chi connectivity index (χ4n) is 1.88. The number of carbonyl (C=O) groups excluding carboxylic acids is 1. The fraction of sp³-hybridized carbons (Fsp3) is 0.0667. The molecule has 0 unspecified atom stereocenters. The van der Waals surface area contributed by atoms with Crippen LogP contribution in [-0.4, -0.2) is 10.9 Å². The molecule has 3 N–H and O–H groups in total. The standard InChI is InChI=1S/C15H13ClN2OS/c1-9-8-10(16)6-7-11(9)15(19)18-13-5-3-2-4-12(13)14(17)20/h2-8H,1H3,(H2,17,20)(H,18,19). The van der Waals surface area contributed by atoms with E-state index in [9.17, 15) is 4.79 Å². The van der Waals surface area contributed by atoms with Crippen molar-refractivity contribution in [3.05, 3.63) is 64.2 Å². The summed E-state index contributed by atoms with van der Waals surface area (Å²) in [4.78, 5) is 12.5. The number of amides is 1. The Morgan fingerprint density at radius 1 is 1.20 bits per heavy atom. The SMILES string of the molecule is Cc1cc(Cl)ccc1C(=O)Nc1ccccc1C(N)=S. The second-order valence-electron chi connectivity index (χ2n) is 4.32. The highest BCUT2D eigenvalue weighted by atomic mass is 35.5. The summed E-state index contributed by atoms with van der Waals surface area (Å²) in [7, 11) is 0. The molecule has 0 bridgehead atoms. The maximum Gasteiger partial charge on any atom is 0.255 e. The first kappa shape index (κ1) is 14.5. The molecule has 0 saturated heterocycles. The summed E-state index contributed by atoms with van der Waals surface area (Å²) in [6.07, 6.45) is 0. The van der Waals surface area contributed by atoms with Crippen LogP contribution in [0.25, 0.3) is 0 Å². The average molecular weight is 305 g/mol. The summed E-state index contributed by atoms with van der Waals surface area (Å²) in [5.74, 6) is -0.220. The van der Waals surface area contributed by atoms with Crippen LogP contribution >= 0.6 is 23.8 Å². The fourth-order valence-corrected chi connectivity index (χ4v) is 2.28. The van der Waals surface area contributed by atoms with Gasteiger partial charge in [-0.05, 0) is 42.8 Å². The molecule has 0 saturated carbocycles. The Hall–Kier alpha value is -1.91. The number of aryl methyl sites for hydroxylation is 1. The third-order valence-corrected chi connectivity index (χ3v) is 3.33. The zero-order chi connectivity index (χ0) is 14.7. The van der Waals surface area contributed by atoms with Crippen LogP contribution in [-0.2, 0) is 0 Å². The number of benzene rings is 2. The van der Waals surface area contributed by atoms with E-state index in [4.69, 9.17) is 29.6 Å². The first-order valence-corrected chi connectivity index (χ1v) is 6.74. The highest BCUT2D eigenvalue weighted by molar-refractivity contribution is 7.80. The lowest BCUT2D eigenvalue weighted by Gasteiger charge is -2.11. The summed E-state index contributed by atoms with van der Waals surface area (Å²) in [6, 6.07) is 12.3. The Labute approximate surface area is 127 Å². The van der Waals surface area contributed by atoms with E-state index in [1.54, 1.807) is 30.3 Å². The van der Waals surface area contributed by atoms with E-state index in [2.05, 4.69) is 5.32 Å². The highest BCUT2D eigenvalue weighted by Gasteiger charge is 2.12. The van der Waals surface area contributed by atoms with E-state index in [0.717, 1.165) is 5.56 Å². The van der Waals surface area contributed by atoms with E-state index >= 15 is 0 Å². The molecule has 2 aromatic rings. The summed E-state index contributed by atoms with van der Waals surface area (Å²) < 4.78 is 0. The van der Waals surface area contributed by atoms with Crippen molar-refractivity contribution in [2.75, 3.05) is 5.32 Å². The minimum absolute atomic E-state index is 0.220. The van der Waals surface area contributed by atoms with Crippen LogP contribution in [0.5, 0.6) is 0 Å². The molecule has 0 atom stereocenters. The van der Waals surface area contributed by atoms with Crippen LogP contribution in [0.2, 0.25) is 5.02 Å². The van der Waals surface area contributed by atoms with E-state index < -0.39 is 0 Å². The topological polar surface area (TPSA) is 55.1 Å². The van der Waals surface area contributed by atoms with Gasteiger partial charge < -0.3 is 11.1 Å². The molecule has 1 amide bonds. The highest BCUT2D eigenvalue weighted by Crippen LogP contribution is 2.19. The Morgan fingerprint density at radius 3 is 2.55 bits per heavy atom. The number of carbonyl (C=O) groups is 1. The number of hydrogen-bond donors (Lipinski definition) is 2. The lowest BCUT2D eigenvalue weighted by Crippen LogP contribution is -2.18. The molecule has 0 aliphatic carbocycles. The van der Waals surface area contributed by atoms with Gasteiger partial charge in [-0.2, -0.15) is 0 Å². The lowest BCUT2D eigenvalue weighted by atomic mass is 10.1. The van der Waals surface area contributed by atoms with Gasteiger partial charge in [0, 0.05) is 16.1 Å². The summed E-state index contributed by atoms with van der Waals surface area (Å²) in [5.41, 5.74) is 8.25. The Balaban J connectivity index is 2.30. The molecule has 0 spiro atoms. The Kier molecular flexibility index (Phi) is 4.37. The van der Waals surface area contributed by atoms with Gasteiger partial charge in [0.2, 0.25) is 0 Å². The van der Waals surface area contributed by atoms with Crippen molar-refractivity contribution in [3.8, 4) is 0 Å². The number of halogens is 1. The number of rotatable bonds is 3. The molecular weight excluding hydrogens is 292 g/mol. The van der Waals surface area contributed by atoms with E-state index in [1.165, 1.54) is 0 Å². The molecule has 0 radical (unpaired) electrons. The molecular formula is C15H13ClN2OS. The molecule has 0 fully saturated rings. The van der Waals surface area contributed by atoms with Crippen molar-refractivity contribution >= 4 is 40.4 Å². The number of anilines is 1. The summed E-state index contributed by atoms with van der Waals surface area (Å²) in [6.45, 7) is 1.83. The second-order valence-corrected chi connectivity index (χ2v) is 5.20. The van der Waals surface area contributed by atoms with E-state index in [-0.39, 0.29) is 10.9 Å². The number of hydrogen-bond acceptors (Lipinski definition) is 2. The molecule has 5 heteroatoms. The first-order chi connectivity index (χ1) is 9.49. The maximum absolute atomic E-state index is 12.3. The third kappa shape index (κ3) is 3.15. The summed E-state index contributed by atoms with van der Waals surface area (Å²) >= 11 is 10.9. The van der Waals surface area contributed by atoms with E-state index in [1.807, 2.05) is 19.1 Å². The van der Waals surface area contributed by atoms with Crippen LogP contribution in [0.3, 0.4) is 0 Å². The maximum atomic E-state index is 12.3. The molecule has 0 aliphatic rings. The van der Waals surface area contributed by atoms with Crippen molar-refractivity contribution in [1.82, 2.24) is 0 Å². The minimum Gasteiger partial charge on any atom is -0.389 e. The largest absolute Gasteiger partial charge is 0.389 e. The second kappa shape index (κ2) is 6.03. The van der Waals surface area contributed by atoms with Gasteiger partial charge in [0.25, 0.3) is 5.91 Å². The zero-order valence-electron chi connectivity index (χ0n) is 10.8. The lowest BCUT2D eigenvalue weighted by molar-refractivity contribution is 0.102. The molecule has 20 heavy (non-hydrogen) atoms. The molecule has 3 nitrogen and oxygen atoms in total. The smallest absolute Gasteiger partial charge is 0.255 e. The van der Waals surface area contributed by atoms with Crippen LogP contribution in [0.15, 0.2) is 42.5 Å². The average Bonchev–Trinajstić information content (AvgIpc) is 2.38. The Bertz CT molecular complexity index is 685. The van der Waals surface area contributed by atoms with Crippen LogP contribution in [0.4, 0.5) is 5.69 Å².